The van der Waals surface area contributed by atoms with E-state index in [0.29, 0.717) is 5.56 Å². The fraction of sp³-hybridized carbons (Fsp3) is 0.364. The van der Waals surface area contributed by atoms with Crippen molar-refractivity contribution in [2.75, 3.05) is 6.54 Å². The number of hydrogen-bond acceptors (Lipinski definition) is 3. The SMILES string of the molecule is O=C(O)CC(CNC(=O)C(F)(F)F)c1cccnc1. The molecule has 0 fully saturated rings. The van der Waals surface area contributed by atoms with Crippen LogP contribution in [0.2, 0.25) is 0 Å². The minimum Gasteiger partial charge on any atom is -0.481 e. The van der Waals surface area contributed by atoms with Gasteiger partial charge >= 0.3 is 18.1 Å². The molecule has 2 N–H and O–H groups in total. The minimum absolute atomic E-state index is 0.399. The number of pyridine rings is 1. The Balaban J connectivity index is 2.72. The zero-order chi connectivity index (χ0) is 14.5. The molecular formula is C11H11F3N2O3. The number of nitrogens with zero attached hydrogens (tertiary/aromatic N) is 1. The lowest BCUT2D eigenvalue weighted by atomic mass is 9.97. The Morgan fingerprint density at radius 3 is 2.58 bits per heavy atom. The maximum absolute atomic E-state index is 12.0. The van der Waals surface area contributed by atoms with Gasteiger partial charge in [0.2, 0.25) is 0 Å². The molecule has 1 atom stereocenters. The molecule has 0 saturated heterocycles. The molecule has 8 heteroatoms. The van der Waals surface area contributed by atoms with Gasteiger partial charge in [0.05, 0.1) is 6.42 Å². The second-order valence-electron chi connectivity index (χ2n) is 3.79. The Morgan fingerprint density at radius 1 is 1.42 bits per heavy atom. The van der Waals surface area contributed by atoms with Gasteiger partial charge in [-0.3, -0.25) is 14.6 Å². The fourth-order valence-corrected chi connectivity index (χ4v) is 1.45. The minimum atomic E-state index is -4.98. The zero-order valence-electron chi connectivity index (χ0n) is 9.65. The molecule has 1 rings (SSSR count). The topological polar surface area (TPSA) is 79.3 Å². The predicted molar refractivity (Wildman–Crippen MR) is 58.3 cm³/mol. The van der Waals surface area contributed by atoms with Gasteiger partial charge in [0.15, 0.2) is 0 Å². The van der Waals surface area contributed by atoms with Crippen molar-refractivity contribution < 1.29 is 27.9 Å². The van der Waals surface area contributed by atoms with Gasteiger partial charge in [0, 0.05) is 24.9 Å². The Kier molecular flexibility index (Phi) is 4.85. The lowest BCUT2D eigenvalue weighted by Gasteiger charge is -2.16. The first kappa shape index (κ1) is 14.9. The van der Waals surface area contributed by atoms with E-state index >= 15 is 0 Å². The van der Waals surface area contributed by atoms with Gasteiger partial charge in [-0.2, -0.15) is 13.2 Å². The first-order valence-electron chi connectivity index (χ1n) is 5.27. The number of carbonyl (C=O) groups is 2. The highest BCUT2D eigenvalue weighted by Crippen LogP contribution is 2.19. The lowest BCUT2D eigenvalue weighted by Crippen LogP contribution is -2.39. The molecule has 1 heterocycles. The predicted octanol–water partition coefficient (Wildman–Crippen LogP) is 1.32. The van der Waals surface area contributed by atoms with Gasteiger partial charge in [-0.05, 0) is 11.6 Å². The molecule has 19 heavy (non-hydrogen) atoms. The van der Waals surface area contributed by atoms with E-state index in [2.05, 4.69) is 4.98 Å². The van der Waals surface area contributed by atoms with Crippen LogP contribution in [0, 0.1) is 0 Å². The molecule has 0 aliphatic rings. The molecule has 0 spiro atoms. The number of rotatable bonds is 5. The van der Waals surface area contributed by atoms with Crippen LogP contribution in [0.4, 0.5) is 13.2 Å². The number of hydrogen-bond donors (Lipinski definition) is 2. The molecule has 1 aromatic heterocycles. The molecule has 1 unspecified atom stereocenters. The van der Waals surface area contributed by atoms with Crippen molar-refractivity contribution in [2.45, 2.75) is 18.5 Å². The van der Waals surface area contributed by atoms with Crippen molar-refractivity contribution in [3.05, 3.63) is 30.1 Å². The Hall–Kier alpha value is -2.12. The summed E-state index contributed by atoms with van der Waals surface area (Å²) in [6, 6.07) is 3.08. The number of aromatic nitrogens is 1. The van der Waals surface area contributed by atoms with E-state index in [1.54, 1.807) is 11.4 Å². The van der Waals surface area contributed by atoms with E-state index in [9.17, 15) is 22.8 Å². The second kappa shape index (κ2) is 6.17. The number of amides is 1. The summed E-state index contributed by atoms with van der Waals surface area (Å²) in [6.07, 6.45) is -2.57. The molecule has 5 nitrogen and oxygen atoms in total. The summed E-state index contributed by atoms with van der Waals surface area (Å²) in [4.78, 5) is 25.1. The second-order valence-corrected chi connectivity index (χ2v) is 3.79. The third kappa shape index (κ3) is 4.94. The van der Waals surface area contributed by atoms with Crippen molar-refractivity contribution in [1.82, 2.24) is 10.3 Å². The van der Waals surface area contributed by atoms with Crippen molar-refractivity contribution in [1.29, 1.82) is 0 Å². The third-order valence-corrected chi connectivity index (χ3v) is 2.34. The molecule has 0 aliphatic heterocycles. The van der Waals surface area contributed by atoms with Gasteiger partial charge in [-0.15, -0.1) is 0 Å². The zero-order valence-corrected chi connectivity index (χ0v) is 9.65. The van der Waals surface area contributed by atoms with Crippen molar-refractivity contribution in [2.24, 2.45) is 0 Å². The van der Waals surface area contributed by atoms with Crippen LogP contribution in [0.15, 0.2) is 24.5 Å². The summed E-state index contributed by atoms with van der Waals surface area (Å²) in [7, 11) is 0. The number of alkyl halides is 3. The smallest absolute Gasteiger partial charge is 0.471 e. The highest BCUT2D eigenvalue weighted by Gasteiger charge is 2.38. The van der Waals surface area contributed by atoms with Crippen molar-refractivity contribution in [3.63, 3.8) is 0 Å². The van der Waals surface area contributed by atoms with E-state index in [1.165, 1.54) is 18.5 Å². The van der Waals surface area contributed by atoms with Gasteiger partial charge in [0.1, 0.15) is 0 Å². The van der Waals surface area contributed by atoms with E-state index < -0.39 is 36.9 Å². The van der Waals surface area contributed by atoms with Crippen LogP contribution < -0.4 is 5.32 Å². The highest BCUT2D eigenvalue weighted by molar-refractivity contribution is 5.81. The Bertz CT molecular complexity index is 448. The number of carboxylic acid groups (broad SMARTS) is 1. The summed E-state index contributed by atoms with van der Waals surface area (Å²) in [5, 5.41) is 10.4. The van der Waals surface area contributed by atoms with Crippen LogP contribution in [0.25, 0.3) is 0 Å². The number of carbonyl (C=O) groups excluding carboxylic acids is 1. The van der Waals surface area contributed by atoms with Crippen LogP contribution in [-0.4, -0.2) is 34.7 Å². The van der Waals surface area contributed by atoms with Gasteiger partial charge in [0.25, 0.3) is 0 Å². The monoisotopic (exact) mass is 276 g/mol. The maximum atomic E-state index is 12.0. The van der Waals surface area contributed by atoms with Crippen LogP contribution in [0.3, 0.4) is 0 Å². The summed E-state index contributed by atoms with van der Waals surface area (Å²) in [6.45, 7) is -0.420. The van der Waals surface area contributed by atoms with E-state index in [-0.39, 0.29) is 0 Å². The van der Waals surface area contributed by atoms with Crippen molar-refractivity contribution >= 4 is 11.9 Å². The molecule has 104 valence electrons. The van der Waals surface area contributed by atoms with Crippen molar-refractivity contribution in [3.8, 4) is 0 Å². The number of aliphatic carboxylic acids is 1. The maximum Gasteiger partial charge on any atom is 0.471 e. The number of halogens is 3. The highest BCUT2D eigenvalue weighted by atomic mass is 19.4. The first-order chi connectivity index (χ1) is 8.80. The van der Waals surface area contributed by atoms with Crippen LogP contribution >= 0.6 is 0 Å². The molecule has 0 saturated carbocycles. The molecule has 0 bridgehead atoms. The van der Waals surface area contributed by atoms with Crippen LogP contribution in [0.1, 0.15) is 17.9 Å². The summed E-state index contributed by atoms with van der Waals surface area (Å²) < 4.78 is 36.1. The normalized spacial score (nSPS) is 12.8. The van der Waals surface area contributed by atoms with Crippen LogP contribution in [-0.2, 0) is 9.59 Å². The number of nitrogens with one attached hydrogen (secondary N) is 1. The Morgan fingerprint density at radius 2 is 2.11 bits per heavy atom. The molecule has 0 radical (unpaired) electrons. The average Bonchev–Trinajstić information content (AvgIpc) is 2.33. The lowest BCUT2D eigenvalue weighted by molar-refractivity contribution is -0.173. The van der Waals surface area contributed by atoms with Gasteiger partial charge in [-0.1, -0.05) is 6.07 Å². The standard InChI is InChI=1S/C11H11F3N2O3/c12-11(13,14)10(19)16-6-8(4-9(17)18)7-2-1-3-15-5-7/h1-3,5,8H,4,6H2,(H,16,19)(H,17,18). The average molecular weight is 276 g/mol. The number of carboxylic acids is 1. The molecule has 0 aliphatic carbocycles. The molecule has 1 aromatic rings. The van der Waals surface area contributed by atoms with E-state index in [1.807, 2.05) is 0 Å². The molecule has 0 aromatic carbocycles. The quantitative estimate of drug-likeness (QED) is 0.850. The van der Waals surface area contributed by atoms with Crippen LogP contribution in [0.5, 0.6) is 0 Å². The first-order valence-corrected chi connectivity index (χ1v) is 5.27. The fourth-order valence-electron chi connectivity index (χ4n) is 1.45. The summed E-state index contributed by atoms with van der Waals surface area (Å²) in [5.41, 5.74) is 0.451. The Labute approximate surface area is 106 Å². The summed E-state index contributed by atoms with van der Waals surface area (Å²) >= 11 is 0. The largest absolute Gasteiger partial charge is 0.481 e. The van der Waals surface area contributed by atoms with E-state index in [0.717, 1.165) is 0 Å². The van der Waals surface area contributed by atoms with Gasteiger partial charge in [-0.25, -0.2) is 0 Å². The third-order valence-electron chi connectivity index (χ3n) is 2.34. The molecule has 1 amide bonds. The summed E-state index contributed by atoms with van der Waals surface area (Å²) in [5.74, 6) is -4.03. The molecular weight excluding hydrogens is 265 g/mol. The van der Waals surface area contributed by atoms with E-state index in [4.69, 9.17) is 5.11 Å². The van der Waals surface area contributed by atoms with Gasteiger partial charge < -0.3 is 10.4 Å².